The van der Waals surface area contributed by atoms with E-state index >= 15 is 0 Å². The van der Waals surface area contributed by atoms with Crippen molar-refractivity contribution in [3.8, 4) is 5.75 Å². The number of hydrazone groups is 1. The molecule has 6 heteroatoms. The van der Waals surface area contributed by atoms with Crippen molar-refractivity contribution in [2.75, 3.05) is 13.7 Å². The van der Waals surface area contributed by atoms with Crippen LogP contribution in [0.15, 0.2) is 29.4 Å². The van der Waals surface area contributed by atoms with Gasteiger partial charge in [0.2, 0.25) is 11.8 Å². The van der Waals surface area contributed by atoms with Gasteiger partial charge in [-0.05, 0) is 48.1 Å². The third kappa shape index (κ3) is 4.67. The molecule has 0 aromatic heterocycles. The predicted molar refractivity (Wildman–Crippen MR) is 105 cm³/mol. The zero-order valence-electron chi connectivity index (χ0n) is 16.4. The molecule has 3 rings (SSSR count). The number of carbonyl (C=O) groups is 2. The van der Waals surface area contributed by atoms with Crippen LogP contribution in [0.25, 0.3) is 0 Å². The van der Waals surface area contributed by atoms with Crippen molar-refractivity contribution in [2.24, 2.45) is 16.9 Å². The van der Waals surface area contributed by atoms with Crippen molar-refractivity contribution in [3.63, 3.8) is 0 Å². The molecule has 0 radical (unpaired) electrons. The quantitative estimate of drug-likeness (QED) is 0.865. The first-order chi connectivity index (χ1) is 13.0. The minimum atomic E-state index is -0.131. The fraction of sp³-hybridized carbons (Fsp3) is 0.571. The number of hydrogen-bond acceptors (Lipinski definition) is 4. The van der Waals surface area contributed by atoms with Crippen molar-refractivity contribution < 1.29 is 14.3 Å². The molecule has 1 aliphatic heterocycles. The van der Waals surface area contributed by atoms with E-state index in [1.807, 2.05) is 24.3 Å². The van der Waals surface area contributed by atoms with E-state index in [-0.39, 0.29) is 24.4 Å². The fourth-order valence-electron chi connectivity index (χ4n) is 3.89. The first-order valence-electron chi connectivity index (χ1n) is 9.79. The molecule has 1 aliphatic carbocycles. The van der Waals surface area contributed by atoms with E-state index < -0.39 is 0 Å². The monoisotopic (exact) mass is 371 g/mol. The Balaban J connectivity index is 1.65. The zero-order valence-corrected chi connectivity index (χ0v) is 16.4. The lowest BCUT2D eigenvalue weighted by molar-refractivity contribution is -0.137. The van der Waals surface area contributed by atoms with E-state index in [2.05, 4.69) is 24.3 Å². The topological polar surface area (TPSA) is 71.0 Å². The second-order valence-corrected chi connectivity index (χ2v) is 7.67. The van der Waals surface area contributed by atoms with Gasteiger partial charge in [0.1, 0.15) is 12.3 Å². The van der Waals surface area contributed by atoms with Crippen molar-refractivity contribution in [3.05, 3.63) is 29.8 Å². The highest BCUT2D eigenvalue weighted by Crippen LogP contribution is 2.29. The van der Waals surface area contributed by atoms with Crippen LogP contribution in [0.1, 0.15) is 51.5 Å². The Morgan fingerprint density at radius 1 is 1.22 bits per heavy atom. The summed E-state index contributed by atoms with van der Waals surface area (Å²) in [4.78, 5) is 24.7. The van der Waals surface area contributed by atoms with Crippen LogP contribution in [-0.2, 0) is 9.59 Å². The maximum absolute atomic E-state index is 12.5. The third-order valence-corrected chi connectivity index (χ3v) is 5.87. The highest BCUT2D eigenvalue weighted by Gasteiger charge is 2.29. The van der Waals surface area contributed by atoms with Crippen LogP contribution in [0.2, 0.25) is 0 Å². The van der Waals surface area contributed by atoms with Crippen LogP contribution in [0.4, 0.5) is 0 Å². The third-order valence-electron chi connectivity index (χ3n) is 5.87. The number of rotatable bonds is 5. The minimum Gasteiger partial charge on any atom is -0.497 e. The van der Waals surface area contributed by atoms with Crippen LogP contribution >= 0.6 is 0 Å². The number of amides is 2. The molecule has 0 spiro atoms. The molecular formula is C21H29N3O3. The number of carbonyl (C=O) groups excluding carboxylic acids is 2. The van der Waals surface area contributed by atoms with E-state index in [9.17, 15) is 9.59 Å². The molecule has 27 heavy (non-hydrogen) atoms. The molecule has 1 aromatic rings. The maximum Gasteiger partial charge on any atom is 0.243 e. The summed E-state index contributed by atoms with van der Waals surface area (Å²) >= 11 is 0. The second kappa shape index (κ2) is 8.55. The second-order valence-electron chi connectivity index (χ2n) is 7.67. The van der Waals surface area contributed by atoms with Crippen molar-refractivity contribution in [1.29, 1.82) is 0 Å². The molecule has 0 unspecified atom stereocenters. The average molecular weight is 371 g/mol. The number of nitrogens with one attached hydrogen (secondary N) is 1. The Labute approximate surface area is 161 Å². The SMILES string of the molecule is COc1ccc(C2=NN(CC(=O)N[C@@H]3CCC[C@H](C)[C@H]3C)C(=O)CC2)cc1. The summed E-state index contributed by atoms with van der Waals surface area (Å²) in [7, 11) is 1.63. The molecule has 1 fully saturated rings. The van der Waals surface area contributed by atoms with Gasteiger partial charge in [0.15, 0.2) is 0 Å². The van der Waals surface area contributed by atoms with Gasteiger partial charge in [0.25, 0.3) is 0 Å². The lowest BCUT2D eigenvalue weighted by atomic mass is 9.78. The van der Waals surface area contributed by atoms with E-state index in [4.69, 9.17) is 4.74 Å². The number of hydrogen-bond donors (Lipinski definition) is 1. The standard InChI is InChI=1S/C21H29N3O3/c1-14-5-4-6-18(15(14)2)22-20(25)13-24-21(26)12-11-19(23-24)16-7-9-17(27-3)10-8-16/h7-10,14-15,18H,4-6,11-13H2,1-3H3,(H,22,25)/t14-,15+,18+/m0/s1. The average Bonchev–Trinajstić information content (AvgIpc) is 2.67. The van der Waals surface area contributed by atoms with Crippen LogP contribution in [0.3, 0.4) is 0 Å². The molecule has 2 amide bonds. The number of ether oxygens (including phenoxy) is 1. The molecule has 1 saturated carbocycles. The number of benzene rings is 1. The molecule has 1 N–H and O–H groups in total. The molecular weight excluding hydrogens is 342 g/mol. The summed E-state index contributed by atoms with van der Waals surface area (Å²) < 4.78 is 5.18. The first-order valence-corrected chi connectivity index (χ1v) is 9.79. The summed E-state index contributed by atoms with van der Waals surface area (Å²) in [6, 6.07) is 7.79. The summed E-state index contributed by atoms with van der Waals surface area (Å²) in [6.45, 7) is 4.42. The Hall–Kier alpha value is -2.37. The molecule has 3 atom stereocenters. The van der Waals surface area contributed by atoms with Gasteiger partial charge in [-0.2, -0.15) is 5.10 Å². The summed E-state index contributed by atoms with van der Waals surface area (Å²) in [5, 5.41) is 8.89. The van der Waals surface area contributed by atoms with Crippen molar-refractivity contribution in [2.45, 2.75) is 52.0 Å². The lowest BCUT2D eigenvalue weighted by Gasteiger charge is -2.35. The van der Waals surface area contributed by atoms with E-state index in [1.54, 1.807) is 7.11 Å². The highest BCUT2D eigenvalue weighted by molar-refractivity contribution is 6.04. The van der Waals surface area contributed by atoms with Gasteiger partial charge in [0, 0.05) is 18.9 Å². The smallest absolute Gasteiger partial charge is 0.243 e. The minimum absolute atomic E-state index is 0.0178. The summed E-state index contributed by atoms with van der Waals surface area (Å²) in [6.07, 6.45) is 4.31. The predicted octanol–water partition coefficient (Wildman–Crippen LogP) is 2.96. The Bertz CT molecular complexity index is 714. The molecule has 0 saturated heterocycles. The lowest BCUT2D eigenvalue weighted by Crippen LogP contribution is -2.48. The Morgan fingerprint density at radius 3 is 2.67 bits per heavy atom. The van der Waals surface area contributed by atoms with Crippen LogP contribution < -0.4 is 10.1 Å². The van der Waals surface area contributed by atoms with Gasteiger partial charge in [-0.1, -0.05) is 26.7 Å². The Kier molecular flexibility index (Phi) is 6.14. The molecule has 2 aliphatic rings. The number of methoxy groups -OCH3 is 1. The molecule has 146 valence electrons. The van der Waals surface area contributed by atoms with E-state index in [1.165, 1.54) is 11.4 Å². The number of nitrogens with zero attached hydrogens (tertiary/aromatic N) is 2. The van der Waals surface area contributed by atoms with E-state index in [0.717, 1.165) is 29.9 Å². The molecule has 1 aromatic carbocycles. The molecule has 6 nitrogen and oxygen atoms in total. The van der Waals surface area contributed by atoms with Crippen LogP contribution in [0.5, 0.6) is 5.75 Å². The summed E-state index contributed by atoms with van der Waals surface area (Å²) in [5.41, 5.74) is 1.77. The normalized spacial score (nSPS) is 25.7. The zero-order chi connectivity index (χ0) is 19.4. The van der Waals surface area contributed by atoms with Gasteiger partial charge < -0.3 is 10.1 Å². The molecule has 1 heterocycles. The first kappa shape index (κ1) is 19.4. The van der Waals surface area contributed by atoms with Gasteiger partial charge >= 0.3 is 0 Å². The van der Waals surface area contributed by atoms with Crippen LogP contribution in [-0.4, -0.2) is 42.2 Å². The van der Waals surface area contributed by atoms with Crippen LogP contribution in [0, 0.1) is 11.8 Å². The highest BCUT2D eigenvalue weighted by atomic mass is 16.5. The van der Waals surface area contributed by atoms with Crippen molar-refractivity contribution in [1.82, 2.24) is 10.3 Å². The van der Waals surface area contributed by atoms with E-state index in [0.29, 0.717) is 24.7 Å². The largest absolute Gasteiger partial charge is 0.497 e. The maximum atomic E-state index is 12.5. The van der Waals surface area contributed by atoms with Crippen molar-refractivity contribution >= 4 is 17.5 Å². The van der Waals surface area contributed by atoms with Gasteiger partial charge in [-0.15, -0.1) is 0 Å². The Morgan fingerprint density at radius 2 is 1.96 bits per heavy atom. The van der Waals surface area contributed by atoms with Gasteiger partial charge in [-0.3, -0.25) is 9.59 Å². The summed E-state index contributed by atoms with van der Waals surface area (Å²) in [5.74, 6) is 1.61. The fourth-order valence-corrected chi connectivity index (χ4v) is 3.89. The van der Waals surface area contributed by atoms with Gasteiger partial charge in [0.05, 0.1) is 12.8 Å². The van der Waals surface area contributed by atoms with Gasteiger partial charge in [-0.25, -0.2) is 5.01 Å². The molecule has 0 bridgehead atoms.